The summed E-state index contributed by atoms with van der Waals surface area (Å²) in [6.07, 6.45) is 19.8. The first-order chi connectivity index (χ1) is 12.2. The number of aromatic nitrogens is 1. The SMILES string of the molecule is [C-]#Cc1ccc2c3ccc(C#[C-])cc3n(CC(CC)CCCC)c2c1. The summed E-state index contributed by atoms with van der Waals surface area (Å²) >= 11 is 0. The van der Waals surface area contributed by atoms with Crippen molar-refractivity contribution in [1.82, 2.24) is 4.57 Å². The van der Waals surface area contributed by atoms with Crippen molar-refractivity contribution in [3.63, 3.8) is 0 Å². The van der Waals surface area contributed by atoms with Gasteiger partial charge in [0.15, 0.2) is 0 Å². The predicted molar refractivity (Wildman–Crippen MR) is 105 cm³/mol. The molecule has 0 radical (unpaired) electrons. The number of nitrogens with zero attached hydrogens (tertiary/aromatic N) is 1. The summed E-state index contributed by atoms with van der Waals surface area (Å²) in [5.41, 5.74) is 3.92. The van der Waals surface area contributed by atoms with Crippen molar-refractivity contribution in [2.24, 2.45) is 5.92 Å². The number of benzene rings is 2. The lowest BCUT2D eigenvalue weighted by Crippen LogP contribution is -2.10. The first-order valence-corrected chi connectivity index (χ1v) is 9.13. The van der Waals surface area contributed by atoms with E-state index in [1.54, 1.807) is 0 Å². The highest BCUT2D eigenvalue weighted by Crippen LogP contribution is 2.32. The van der Waals surface area contributed by atoms with Gasteiger partial charge in [-0.2, -0.15) is 0 Å². The predicted octanol–water partition coefficient (Wildman–Crippen LogP) is 5.89. The molecule has 0 bridgehead atoms. The molecule has 2 aromatic carbocycles. The molecule has 1 nitrogen and oxygen atoms in total. The fourth-order valence-corrected chi connectivity index (χ4v) is 3.62. The summed E-state index contributed by atoms with van der Waals surface area (Å²) in [5.74, 6) is 5.66. The summed E-state index contributed by atoms with van der Waals surface area (Å²) in [5, 5.41) is 2.41. The van der Waals surface area contributed by atoms with E-state index in [1.165, 1.54) is 30.0 Å². The Hall–Kier alpha value is -2.64. The molecule has 0 N–H and O–H groups in total. The van der Waals surface area contributed by atoms with E-state index in [0.717, 1.165) is 35.1 Å². The fraction of sp³-hybridized carbons (Fsp3) is 0.333. The molecule has 1 heteroatoms. The molecule has 1 unspecified atom stereocenters. The molecular formula is C24H23N-2. The van der Waals surface area contributed by atoms with Crippen LogP contribution in [-0.2, 0) is 6.54 Å². The molecular weight excluding hydrogens is 302 g/mol. The topological polar surface area (TPSA) is 4.93 Å². The molecule has 25 heavy (non-hydrogen) atoms. The van der Waals surface area contributed by atoms with E-state index in [-0.39, 0.29) is 0 Å². The van der Waals surface area contributed by atoms with Crippen LogP contribution in [0.25, 0.3) is 21.8 Å². The van der Waals surface area contributed by atoms with Gasteiger partial charge in [-0.25, -0.2) is 0 Å². The van der Waals surface area contributed by atoms with E-state index >= 15 is 0 Å². The molecule has 0 aliphatic heterocycles. The van der Waals surface area contributed by atoms with Crippen molar-refractivity contribution >= 4 is 21.8 Å². The number of hydrogen-bond donors (Lipinski definition) is 0. The molecule has 1 aromatic heterocycles. The lowest BCUT2D eigenvalue weighted by atomic mass is 9.99. The van der Waals surface area contributed by atoms with Crippen molar-refractivity contribution in [3.05, 3.63) is 60.4 Å². The smallest absolute Gasteiger partial charge is 0.0322 e. The van der Waals surface area contributed by atoms with Crippen LogP contribution in [0.3, 0.4) is 0 Å². The second-order valence-corrected chi connectivity index (χ2v) is 6.74. The summed E-state index contributed by atoms with van der Waals surface area (Å²) in [7, 11) is 0. The van der Waals surface area contributed by atoms with Gasteiger partial charge in [0.1, 0.15) is 0 Å². The van der Waals surface area contributed by atoms with Crippen molar-refractivity contribution in [3.8, 4) is 11.8 Å². The van der Waals surface area contributed by atoms with Gasteiger partial charge in [-0.15, -0.1) is 35.4 Å². The van der Waals surface area contributed by atoms with Crippen LogP contribution in [0.5, 0.6) is 0 Å². The van der Waals surface area contributed by atoms with Crippen LogP contribution in [0.15, 0.2) is 36.4 Å². The molecule has 0 amide bonds. The van der Waals surface area contributed by atoms with Crippen LogP contribution in [0, 0.1) is 30.6 Å². The highest BCUT2D eigenvalue weighted by atomic mass is 15.0. The molecule has 126 valence electrons. The molecule has 1 atom stereocenters. The van der Waals surface area contributed by atoms with Crippen LogP contribution < -0.4 is 0 Å². The van der Waals surface area contributed by atoms with E-state index in [9.17, 15) is 0 Å². The average molecular weight is 325 g/mol. The van der Waals surface area contributed by atoms with E-state index in [1.807, 2.05) is 12.1 Å². The van der Waals surface area contributed by atoms with E-state index < -0.39 is 0 Å². The lowest BCUT2D eigenvalue weighted by Gasteiger charge is -2.18. The highest BCUT2D eigenvalue weighted by molar-refractivity contribution is 6.08. The van der Waals surface area contributed by atoms with Crippen molar-refractivity contribution in [1.29, 1.82) is 0 Å². The van der Waals surface area contributed by atoms with Crippen LogP contribution >= 0.6 is 0 Å². The first kappa shape index (κ1) is 17.2. The van der Waals surface area contributed by atoms with Crippen molar-refractivity contribution < 1.29 is 0 Å². The third-order valence-corrected chi connectivity index (χ3v) is 5.14. The standard InChI is InChI=1S/C24H23N/c1-5-9-10-20(8-4)17-25-23-15-18(6-2)11-13-21(23)22-14-12-19(7-3)16-24(22)25/h11-16,20H,5,8-10,17H2,1,4H3/q-2. The Bertz CT molecular complexity index is 904. The van der Waals surface area contributed by atoms with Gasteiger partial charge in [-0.3, -0.25) is 11.8 Å². The Morgan fingerprint density at radius 2 is 1.48 bits per heavy atom. The zero-order chi connectivity index (χ0) is 17.8. The maximum Gasteiger partial charge on any atom is 0.0322 e. The third-order valence-electron chi connectivity index (χ3n) is 5.14. The van der Waals surface area contributed by atoms with Gasteiger partial charge in [0.05, 0.1) is 0 Å². The van der Waals surface area contributed by atoms with Gasteiger partial charge < -0.3 is 17.4 Å². The van der Waals surface area contributed by atoms with Gasteiger partial charge >= 0.3 is 0 Å². The maximum absolute atomic E-state index is 7.46. The van der Waals surface area contributed by atoms with Crippen LogP contribution in [0.1, 0.15) is 50.7 Å². The van der Waals surface area contributed by atoms with Gasteiger partial charge in [0, 0.05) is 28.4 Å². The molecule has 3 rings (SSSR count). The molecule has 0 aliphatic rings. The van der Waals surface area contributed by atoms with Gasteiger partial charge in [0.25, 0.3) is 0 Å². The normalized spacial score (nSPS) is 12.2. The Labute approximate surface area is 151 Å². The minimum absolute atomic E-state index is 0.638. The summed E-state index contributed by atoms with van der Waals surface area (Å²) < 4.78 is 2.37. The number of hydrogen-bond acceptors (Lipinski definition) is 0. The zero-order valence-corrected chi connectivity index (χ0v) is 15.0. The monoisotopic (exact) mass is 325 g/mol. The van der Waals surface area contributed by atoms with Crippen molar-refractivity contribution in [2.45, 2.75) is 46.1 Å². The molecule has 0 saturated carbocycles. The zero-order valence-electron chi connectivity index (χ0n) is 15.0. The molecule has 0 saturated heterocycles. The number of unbranched alkanes of at least 4 members (excludes halogenated alkanes) is 1. The quantitative estimate of drug-likeness (QED) is 0.393. The molecule has 0 aliphatic carbocycles. The molecule has 0 fully saturated rings. The Morgan fingerprint density at radius 1 is 0.920 bits per heavy atom. The molecule has 0 spiro atoms. The fourth-order valence-electron chi connectivity index (χ4n) is 3.62. The lowest BCUT2D eigenvalue weighted by molar-refractivity contribution is 0.401. The number of fused-ring (bicyclic) bond motifs is 3. The van der Waals surface area contributed by atoms with Crippen LogP contribution in [0.4, 0.5) is 0 Å². The largest absolute Gasteiger partial charge is 0.366 e. The van der Waals surface area contributed by atoms with Crippen molar-refractivity contribution in [2.75, 3.05) is 0 Å². The van der Waals surface area contributed by atoms with Crippen LogP contribution in [0.2, 0.25) is 0 Å². The second kappa shape index (κ2) is 7.50. The minimum Gasteiger partial charge on any atom is -0.366 e. The summed E-state index contributed by atoms with van der Waals surface area (Å²) in [6.45, 7) is 5.48. The van der Waals surface area contributed by atoms with E-state index in [4.69, 9.17) is 12.8 Å². The molecule has 3 aromatic rings. The second-order valence-electron chi connectivity index (χ2n) is 6.74. The Balaban J connectivity index is 2.20. The summed E-state index contributed by atoms with van der Waals surface area (Å²) in [4.78, 5) is 0. The minimum atomic E-state index is 0.638. The van der Waals surface area contributed by atoms with Gasteiger partial charge in [-0.05, 0) is 12.3 Å². The highest BCUT2D eigenvalue weighted by Gasteiger charge is 2.13. The van der Waals surface area contributed by atoms with E-state index in [2.05, 4.69) is 54.5 Å². The van der Waals surface area contributed by atoms with Crippen LogP contribution in [-0.4, -0.2) is 4.57 Å². The average Bonchev–Trinajstić information content (AvgIpc) is 2.96. The number of rotatable bonds is 6. The third kappa shape index (κ3) is 3.29. The Kier molecular flexibility index (Phi) is 5.16. The summed E-state index contributed by atoms with van der Waals surface area (Å²) in [6, 6.07) is 12.2. The molecule has 1 heterocycles. The van der Waals surface area contributed by atoms with E-state index in [0.29, 0.717) is 5.92 Å². The van der Waals surface area contributed by atoms with Gasteiger partial charge in [-0.1, -0.05) is 45.2 Å². The maximum atomic E-state index is 7.46. The Morgan fingerprint density at radius 3 is 1.92 bits per heavy atom. The first-order valence-electron chi connectivity index (χ1n) is 9.13. The van der Waals surface area contributed by atoms with Gasteiger partial charge in [0.2, 0.25) is 0 Å².